The predicted octanol–water partition coefficient (Wildman–Crippen LogP) is 7.60. The van der Waals surface area contributed by atoms with Crippen LogP contribution >= 0.6 is 11.6 Å². The minimum atomic E-state index is -0.300. The molecule has 0 saturated heterocycles. The van der Waals surface area contributed by atoms with E-state index >= 15 is 0 Å². The highest BCUT2D eigenvalue weighted by molar-refractivity contribution is 6.22. The summed E-state index contributed by atoms with van der Waals surface area (Å²) in [5.41, 5.74) is 3.62. The number of hydrogen-bond acceptors (Lipinski definition) is 0. The van der Waals surface area contributed by atoms with E-state index in [4.69, 9.17) is 11.6 Å². The van der Waals surface area contributed by atoms with Crippen molar-refractivity contribution in [2.24, 2.45) is 11.8 Å². The molecule has 0 N–H and O–H groups in total. The molecule has 3 unspecified atom stereocenters. The fraction of sp³-hybridized carbons (Fsp3) is 0.357. The van der Waals surface area contributed by atoms with Crippen molar-refractivity contribution in [3.63, 3.8) is 0 Å². The summed E-state index contributed by atoms with van der Waals surface area (Å²) in [6.45, 7) is 7.09. The number of halogens is 1. The van der Waals surface area contributed by atoms with Crippen LogP contribution in [0, 0.1) is 11.8 Å². The minimum Gasteiger partial charge on any atom is -0.121 e. The maximum absolute atomic E-state index is 7.60. The van der Waals surface area contributed by atoms with Gasteiger partial charge >= 0.3 is 0 Å². The summed E-state index contributed by atoms with van der Waals surface area (Å²) in [7, 11) is 0. The number of alkyl halides is 1. The van der Waals surface area contributed by atoms with Gasteiger partial charge in [-0.3, -0.25) is 0 Å². The van der Waals surface area contributed by atoms with E-state index in [1.807, 2.05) is 0 Å². The highest BCUT2D eigenvalue weighted by Gasteiger charge is 2.60. The second kappa shape index (κ2) is 8.00. The van der Waals surface area contributed by atoms with Crippen molar-refractivity contribution in [1.82, 2.24) is 0 Å². The summed E-state index contributed by atoms with van der Waals surface area (Å²) < 4.78 is 0. The van der Waals surface area contributed by atoms with E-state index in [2.05, 4.69) is 112 Å². The lowest BCUT2D eigenvalue weighted by atomic mass is 9.46. The van der Waals surface area contributed by atoms with Gasteiger partial charge in [0.2, 0.25) is 0 Å². The van der Waals surface area contributed by atoms with Gasteiger partial charge in [-0.1, -0.05) is 112 Å². The molecule has 0 aromatic heterocycles. The van der Waals surface area contributed by atoms with Gasteiger partial charge in [0.05, 0.1) is 5.38 Å². The lowest BCUT2D eigenvalue weighted by Crippen LogP contribution is -2.60. The van der Waals surface area contributed by atoms with E-state index in [0.717, 1.165) is 12.8 Å². The number of benzene rings is 3. The molecule has 29 heavy (non-hydrogen) atoms. The lowest BCUT2D eigenvalue weighted by Gasteiger charge is -2.59. The molecule has 0 nitrogen and oxygen atoms in total. The second-order valence-corrected chi connectivity index (χ2v) is 9.56. The summed E-state index contributed by atoms with van der Waals surface area (Å²) in [6, 6.07) is 33.0. The van der Waals surface area contributed by atoms with Crippen LogP contribution in [0.2, 0.25) is 0 Å². The number of hydrogen-bond donors (Lipinski definition) is 0. The first-order valence-electron chi connectivity index (χ1n) is 10.8. The maximum Gasteiger partial charge on any atom is 0.0512 e. The van der Waals surface area contributed by atoms with Crippen molar-refractivity contribution in [3.8, 4) is 0 Å². The van der Waals surface area contributed by atoms with E-state index < -0.39 is 0 Å². The van der Waals surface area contributed by atoms with Crippen LogP contribution in [0.15, 0.2) is 91.0 Å². The summed E-state index contributed by atoms with van der Waals surface area (Å²) >= 11 is 7.60. The third-order valence-electron chi connectivity index (χ3n) is 7.36. The largest absolute Gasteiger partial charge is 0.121 e. The van der Waals surface area contributed by atoms with Crippen LogP contribution in [0.5, 0.6) is 0 Å². The van der Waals surface area contributed by atoms with Gasteiger partial charge in [0.15, 0.2) is 0 Å². The normalized spacial score (nSPS) is 26.4. The SMILES string of the molecule is CC(C)C1CCC(C)(c2ccccc2)C(c2ccccc2)(c2ccccc2)C1Cl. The Morgan fingerprint density at radius 2 is 1.14 bits per heavy atom. The van der Waals surface area contributed by atoms with Crippen LogP contribution in [0.3, 0.4) is 0 Å². The molecule has 4 rings (SSSR count). The first-order valence-corrected chi connectivity index (χ1v) is 11.3. The fourth-order valence-corrected chi connectivity index (χ4v) is 6.71. The van der Waals surface area contributed by atoms with Crippen LogP contribution in [0.25, 0.3) is 0 Å². The Morgan fingerprint density at radius 3 is 1.55 bits per heavy atom. The van der Waals surface area contributed by atoms with E-state index in [-0.39, 0.29) is 16.2 Å². The highest BCUT2D eigenvalue weighted by Crippen LogP contribution is 2.61. The zero-order valence-corrected chi connectivity index (χ0v) is 18.4. The molecule has 1 fully saturated rings. The van der Waals surface area contributed by atoms with Gasteiger partial charge in [-0.25, -0.2) is 0 Å². The minimum absolute atomic E-state index is 0.00579. The Bertz CT molecular complexity index is 877. The molecule has 3 aromatic rings. The Hall–Kier alpha value is -2.05. The van der Waals surface area contributed by atoms with Gasteiger partial charge in [-0.15, -0.1) is 11.6 Å². The topological polar surface area (TPSA) is 0 Å². The quantitative estimate of drug-likeness (QED) is 0.394. The fourth-order valence-electron chi connectivity index (χ4n) is 5.80. The maximum atomic E-state index is 7.60. The number of rotatable bonds is 4. The molecule has 150 valence electrons. The van der Waals surface area contributed by atoms with Crippen molar-refractivity contribution < 1.29 is 0 Å². The van der Waals surface area contributed by atoms with Crippen molar-refractivity contribution in [2.45, 2.75) is 49.8 Å². The standard InChI is InChI=1S/C28H31Cl/c1-21(2)25-19-20-27(3,22-13-7-4-8-14-22)28(26(25)29,23-15-9-5-10-16-23)24-17-11-6-12-18-24/h4-18,21,25-26H,19-20H2,1-3H3. The molecule has 1 heteroatoms. The smallest absolute Gasteiger partial charge is 0.0512 e. The molecule has 0 radical (unpaired) electrons. The Kier molecular flexibility index (Phi) is 5.58. The Balaban J connectivity index is 2.08. The van der Waals surface area contributed by atoms with E-state index in [9.17, 15) is 0 Å². The molecule has 1 aliphatic carbocycles. The van der Waals surface area contributed by atoms with Crippen molar-refractivity contribution in [2.75, 3.05) is 0 Å². The molecule has 0 aliphatic heterocycles. The van der Waals surface area contributed by atoms with Gasteiger partial charge in [0.1, 0.15) is 0 Å². The average molecular weight is 403 g/mol. The van der Waals surface area contributed by atoms with Gasteiger partial charge in [-0.05, 0) is 41.4 Å². The van der Waals surface area contributed by atoms with E-state index in [1.165, 1.54) is 16.7 Å². The molecule has 3 aromatic carbocycles. The highest BCUT2D eigenvalue weighted by atomic mass is 35.5. The van der Waals surface area contributed by atoms with Gasteiger partial charge < -0.3 is 0 Å². The van der Waals surface area contributed by atoms with Crippen molar-refractivity contribution >= 4 is 11.6 Å². The summed E-state index contributed by atoms with van der Waals surface area (Å²) in [6.07, 6.45) is 2.27. The van der Waals surface area contributed by atoms with Crippen LogP contribution in [-0.4, -0.2) is 5.38 Å². The van der Waals surface area contributed by atoms with Crippen LogP contribution in [0.1, 0.15) is 50.3 Å². The van der Waals surface area contributed by atoms with E-state index in [1.54, 1.807) is 0 Å². The first-order chi connectivity index (χ1) is 14.0. The Morgan fingerprint density at radius 1 is 0.724 bits per heavy atom. The average Bonchev–Trinajstić information content (AvgIpc) is 2.76. The second-order valence-electron chi connectivity index (χ2n) is 9.09. The van der Waals surface area contributed by atoms with Crippen LogP contribution in [-0.2, 0) is 10.8 Å². The van der Waals surface area contributed by atoms with Gasteiger partial charge in [-0.2, -0.15) is 0 Å². The van der Waals surface area contributed by atoms with Crippen molar-refractivity contribution in [3.05, 3.63) is 108 Å². The van der Waals surface area contributed by atoms with E-state index in [0.29, 0.717) is 11.8 Å². The molecular weight excluding hydrogens is 372 g/mol. The summed E-state index contributed by atoms with van der Waals surface area (Å²) in [5.74, 6) is 1.01. The molecule has 0 spiro atoms. The monoisotopic (exact) mass is 402 g/mol. The van der Waals surface area contributed by atoms with Gasteiger partial charge in [0.25, 0.3) is 0 Å². The zero-order valence-electron chi connectivity index (χ0n) is 17.7. The predicted molar refractivity (Wildman–Crippen MR) is 125 cm³/mol. The third-order valence-corrected chi connectivity index (χ3v) is 8.01. The first kappa shape index (κ1) is 20.2. The zero-order chi connectivity index (χ0) is 20.5. The molecule has 0 heterocycles. The summed E-state index contributed by atoms with van der Waals surface area (Å²) in [4.78, 5) is 0. The lowest BCUT2D eigenvalue weighted by molar-refractivity contribution is 0.123. The summed E-state index contributed by atoms with van der Waals surface area (Å²) in [5, 5.41) is 0.00579. The Labute approximate surface area is 180 Å². The molecule has 3 atom stereocenters. The van der Waals surface area contributed by atoms with Gasteiger partial charge in [0, 0.05) is 10.8 Å². The van der Waals surface area contributed by atoms with Crippen LogP contribution < -0.4 is 0 Å². The molecule has 1 aliphatic rings. The molecule has 1 saturated carbocycles. The van der Waals surface area contributed by atoms with Crippen molar-refractivity contribution in [1.29, 1.82) is 0 Å². The molecule has 0 bridgehead atoms. The van der Waals surface area contributed by atoms with Crippen LogP contribution in [0.4, 0.5) is 0 Å². The third kappa shape index (κ3) is 3.13. The molecular formula is C28H31Cl. The molecule has 0 amide bonds.